The van der Waals surface area contributed by atoms with E-state index in [1.165, 1.54) is 43.1 Å². The van der Waals surface area contributed by atoms with Crippen LogP contribution in [-0.4, -0.2) is 28.2 Å². The fourth-order valence-corrected chi connectivity index (χ4v) is 2.99. The highest BCUT2D eigenvalue weighted by atomic mass is 16.5. The molecule has 2 N–H and O–H groups in total. The number of nitrogens with one attached hydrogen (secondary N) is 2. The van der Waals surface area contributed by atoms with Gasteiger partial charge >= 0.3 is 0 Å². The first-order valence-electron chi connectivity index (χ1n) is 6.86. The Bertz CT molecular complexity index is 581. The van der Waals surface area contributed by atoms with Crippen LogP contribution in [0.5, 0.6) is 0 Å². The summed E-state index contributed by atoms with van der Waals surface area (Å²) >= 11 is 0. The molecular weight excluding hydrogens is 236 g/mol. The van der Waals surface area contributed by atoms with Gasteiger partial charge in [-0.05, 0) is 11.1 Å². The molecule has 2 aromatic rings. The van der Waals surface area contributed by atoms with Crippen LogP contribution in [0.1, 0.15) is 11.1 Å². The van der Waals surface area contributed by atoms with Gasteiger partial charge in [-0.2, -0.15) is 0 Å². The molecule has 100 valence electrons. The van der Waals surface area contributed by atoms with Crippen molar-refractivity contribution in [2.24, 2.45) is 0 Å². The molecule has 3 nitrogen and oxygen atoms in total. The van der Waals surface area contributed by atoms with Crippen LogP contribution in [0.4, 0.5) is 11.4 Å². The van der Waals surface area contributed by atoms with Gasteiger partial charge in [0.05, 0.1) is 41.4 Å². The monoisotopic (exact) mass is 258 g/mol. The number of rotatable bonds is 2. The van der Waals surface area contributed by atoms with Gasteiger partial charge in [-0.1, -0.05) is 12.1 Å². The van der Waals surface area contributed by atoms with E-state index < -0.39 is 0 Å². The normalized spacial score (nSPS) is 14.6. The molecule has 1 aliphatic rings. The lowest BCUT2D eigenvalue weighted by Gasteiger charge is -2.22. The molecule has 0 saturated heterocycles. The fraction of sp³-hybridized carbons (Fsp3) is 0.375. The molecule has 0 fully saturated rings. The minimum absolute atomic E-state index is 0.735. The van der Waals surface area contributed by atoms with Gasteiger partial charge in [-0.25, -0.2) is 0 Å². The van der Waals surface area contributed by atoms with E-state index in [4.69, 9.17) is 4.74 Å². The summed E-state index contributed by atoms with van der Waals surface area (Å²) in [5, 5.41) is 2.84. The SMILES string of the molecule is C[NH+](C)c1ccc2c3c(ccc([NH+](C)C)c13)COC2. The molecule has 1 heterocycles. The second-order valence-corrected chi connectivity index (χ2v) is 5.79. The Morgan fingerprint density at radius 1 is 0.737 bits per heavy atom. The molecule has 19 heavy (non-hydrogen) atoms. The standard InChI is InChI=1S/C16H20N2O/c1-17(2)13-7-5-11-9-19-10-12-6-8-14(18(3)4)16(13)15(11)12/h5-8H,9-10H2,1-4H3/p+2. The third-order valence-electron chi connectivity index (χ3n) is 3.93. The predicted octanol–water partition coefficient (Wildman–Crippen LogP) is 0.422. The quantitative estimate of drug-likeness (QED) is 0.799. The number of ether oxygens (including phenoxy) is 1. The van der Waals surface area contributed by atoms with E-state index in [1.807, 2.05) is 0 Å². The Hall–Kier alpha value is -1.42. The second-order valence-electron chi connectivity index (χ2n) is 5.79. The van der Waals surface area contributed by atoms with Gasteiger partial charge in [-0.3, -0.25) is 0 Å². The minimum Gasteiger partial charge on any atom is -0.372 e. The van der Waals surface area contributed by atoms with Crippen molar-refractivity contribution in [3.63, 3.8) is 0 Å². The van der Waals surface area contributed by atoms with Crippen molar-refractivity contribution in [3.05, 3.63) is 35.4 Å². The van der Waals surface area contributed by atoms with Crippen molar-refractivity contribution in [1.29, 1.82) is 0 Å². The first-order chi connectivity index (χ1) is 9.09. The summed E-state index contributed by atoms with van der Waals surface area (Å²) in [5.74, 6) is 0. The molecular formula is C16H22N2O+2. The van der Waals surface area contributed by atoms with Crippen LogP contribution in [0.2, 0.25) is 0 Å². The van der Waals surface area contributed by atoms with Crippen LogP contribution < -0.4 is 9.80 Å². The van der Waals surface area contributed by atoms with Crippen LogP contribution in [-0.2, 0) is 18.0 Å². The molecule has 0 atom stereocenters. The van der Waals surface area contributed by atoms with Gasteiger partial charge in [0.2, 0.25) is 0 Å². The lowest BCUT2D eigenvalue weighted by molar-refractivity contribution is -0.790. The highest BCUT2D eigenvalue weighted by Gasteiger charge is 2.23. The van der Waals surface area contributed by atoms with Gasteiger partial charge < -0.3 is 14.5 Å². The first kappa shape index (κ1) is 12.6. The maximum Gasteiger partial charge on any atom is 0.144 e. The van der Waals surface area contributed by atoms with E-state index in [-0.39, 0.29) is 0 Å². The summed E-state index contributed by atoms with van der Waals surface area (Å²) in [6.07, 6.45) is 0. The Morgan fingerprint density at radius 3 is 1.63 bits per heavy atom. The van der Waals surface area contributed by atoms with Crippen molar-refractivity contribution in [2.45, 2.75) is 13.2 Å². The van der Waals surface area contributed by atoms with Crippen LogP contribution in [0.15, 0.2) is 24.3 Å². The van der Waals surface area contributed by atoms with Crippen LogP contribution in [0.25, 0.3) is 10.8 Å². The number of hydrogen-bond donors (Lipinski definition) is 2. The molecule has 0 radical (unpaired) electrons. The molecule has 0 amide bonds. The molecule has 0 unspecified atom stereocenters. The van der Waals surface area contributed by atoms with Crippen molar-refractivity contribution in [2.75, 3.05) is 28.2 Å². The Kier molecular flexibility index (Phi) is 3.05. The van der Waals surface area contributed by atoms with Gasteiger partial charge in [0, 0.05) is 17.5 Å². The van der Waals surface area contributed by atoms with Crippen LogP contribution in [0, 0.1) is 0 Å². The molecule has 0 bridgehead atoms. The Labute approximate surface area is 114 Å². The second kappa shape index (κ2) is 4.60. The zero-order chi connectivity index (χ0) is 13.6. The van der Waals surface area contributed by atoms with Crippen molar-refractivity contribution in [1.82, 2.24) is 0 Å². The van der Waals surface area contributed by atoms with Crippen molar-refractivity contribution in [3.8, 4) is 0 Å². The van der Waals surface area contributed by atoms with E-state index in [1.54, 1.807) is 0 Å². The minimum atomic E-state index is 0.735. The molecule has 0 saturated carbocycles. The van der Waals surface area contributed by atoms with E-state index >= 15 is 0 Å². The zero-order valence-corrected chi connectivity index (χ0v) is 12.1. The highest BCUT2D eigenvalue weighted by Crippen LogP contribution is 2.35. The number of hydrogen-bond acceptors (Lipinski definition) is 1. The van der Waals surface area contributed by atoms with Crippen LogP contribution >= 0.6 is 0 Å². The zero-order valence-electron chi connectivity index (χ0n) is 12.1. The van der Waals surface area contributed by atoms with Gasteiger partial charge in [0.15, 0.2) is 0 Å². The topological polar surface area (TPSA) is 18.1 Å². The summed E-state index contributed by atoms with van der Waals surface area (Å²) in [6.45, 7) is 1.47. The van der Waals surface area contributed by atoms with Gasteiger partial charge in [0.25, 0.3) is 0 Å². The Balaban J connectivity index is 2.44. The summed E-state index contributed by atoms with van der Waals surface area (Å²) < 4.78 is 5.67. The number of benzene rings is 2. The lowest BCUT2D eigenvalue weighted by atomic mass is 9.95. The summed E-state index contributed by atoms with van der Waals surface area (Å²) in [4.78, 5) is 2.75. The average Bonchev–Trinajstić information content (AvgIpc) is 2.39. The fourth-order valence-electron chi connectivity index (χ4n) is 2.99. The third kappa shape index (κ3) is 1.94. The largest absolute Gasteiger partial charge is 0.372 e. The molecule has 2 aromatic carbocycles. The van der Waals surface area contributed by atoms with E-state index in [0.717, 1.165) is 13.2 Å². The molecule has 3 rings (SSSR count). The lowest BCUT2D eigenvalue weighted by Crippen LogP contribution is -3.02. The predicted molar refractivity (Wildman–Crippen MR) is 77.4 cm³/mol. The van der Waals surface area contributed by atoms with E-state index in [2.05, 4.69) is 52.5 Å². The molecule has 1 aliphatic heterocycles. The Morgan fingerprint density at radius 2 is 1.21 bits per heavy atom. The highest BCUT2D eigenvalue weighted by molar-refractivity contribution is 6.02. The number of quaternary nitrogens is 2. The third-order valence-corrected chi connectivity index (χ3v) is 3.93. The average molecular weight is 258 g/mol. The first-order valence-corrected chi connectivity index (χ1v) is 6.86. The summed E-state index contributed by atoms with van der Waals surface area (Å²) in [6, 6.07) is 8.94. The van der Waals surface area contributed by atoms with E-state index in [0.29, 0.717) is 0 Å². The molecule has 0 spiro atoms. The molecule has 0 aromatic heterocycles. The molecule has 0 aliphatic carbocycles. The van der Waals surface area contributed by atoms with E-state index in [9.17, 15) is 0 Å². The van der Waals surface area contributed by atoms with Gasteiger partial charge in [-0.15, -0.1) is 0 Å². The smallest absolute Gasteiger partial charge is 0.144 e. The van der Waals surface area contributed by atoms with Crippen molar-refractivity contribution < 1.29 is 14.5 Å². The van der Waals surface area contributed by atoms with Crippen molar-refractivity contribution >= 4 is 22.1 Å². The maximum atomic E-state index is 5.67. The van der Waals surface area contributed by atoms with Crippen LogP contribution in [0.3, 0.4) is 0 Å². The summed E-state index contributed by atoms with van der Waals surface area (Å²) in [7, 11) is 8.77. The van der Waals surface area contributed by atoms with Gasteiger partial charge in [0.1, 0.15) is 16.8 Å². The molecule has 3 heteroatoms. The summed E-state index contributed by atoms with van der Waals surface area (Å²) in [5.41, 5.74) is 5.39. The maximum absolute atomic E-state index is 5.67.